The van der Waals surface area contributed by atoms with Gasteiger partial charge in [0.15, 0.2) is 0 Å². The lowest BCUT2D eigenvalue weighted by Gasteiger charge is -2.09. The second-order valence-corrected chi connectivity index (χ2v) is 2.00. The van der Waals surface area contributed by atoms with E-state index in [1.807, 2.05) is 20.8 Å². The molecule has 0 radical (unpaired) electrons. The van der Waals surface area contributed by atoms with Gasteiger partial charge in [-0.1, -0.05) is 0 Å². The Balaban J connectivity index is 0. The van der Waals surface area contributed by atoms with Gasteiger partial charge in [0.2, 0.25) is 0 Å². The van der Waals surface area contributed by atoms with E-state index in [1.54, 1.807) is 0 Å². The predicted octanol–water partition coefficient (Wildman–Crippen LogP) is -0.971. The van der Waals surface area contributed by atoms with Crippen LogP contribution in [0.15, 0.2) is 0 Å². The van der Waals surface area contributed by atoms with E-state index in [0.717, 1.165) is 0 Å². The van der Waals surface area contributed by atoms with Crippen molar-refractivity contribution in [2.45, 2.75) is 20.8 Å². The van der Waals surface area contributed by atoms with Crippen LogP contribution in [0.1, 0.15) is 20.8 Å². The van der Waals surface area contributed by atoms with Crippen molar-refractivity contribution in [2.75, 3.05) is 19.8 Å². The van der Waals surface area contributed by atoms with Crippen LogP contribution in [0, 0.1) is 0 Å². The van der Waals surface area contributed by atoms with Crippen LogP contribution < -0.4 is 0 Å². The molecule has 0 aromatic carbocycles. The van der Waals surface area contributed by atoms with Crippen molar-refractivity contribution in [2.24, 2.45) is 0 Å². The molecule has 0 heterocycles. The molecule has 0 aromatic heterocycles. The van der Waals surface area contributed by atoms with Crippen molar-refractivity contribution in [1.82, 2.24) is 0 Å². The van der Waals surface area contributed by atoms with Gasteiger partial charge in [0, 0.05) is 19.8 Å². The van der Waals surface area contributed by atoms with Gasteiger partial charge in [-0.15, -0.1) is 0 Å². The summed E-state index contributed by atoms with van der Waals surface area (Å²) in [7, 11) is -2.64. The van der Waals surface area contributed by atoms with Crippen LogP contribution >= 0.6 is 0 Å². The Morgan fingerprint density at radius 1 is 0.786 bits per heavy atom. The minimum absolute atomic E-state index is 0.472. The standard InChI is InChI=1S/C6H15BO3.BH3O3/c1-4-8-7(9-5-2)10-6-3;2-1(3)4/h4-6H2,1-3H3;2-4H. The maximum Gasteiger partial charge on any atom is 0.639 e. The van der Waals surface area contributed by atoms with E-state index in [-0.39, 0.29) is 0 Å². The topological polar surface area (TPSA) is 88.4 Å². The van der Waals surface area contributed by atoms with Crippen molar-refractivity contribution >= 4 is 14.6 Å². The first-order valence-electron chi connectivity index (χ1n) is 4.47. The van der Waals surface area contributed by atoms with Gasteiger partial charge in [0.25, 0.3) is 0 Å². The monoisotopic (exact) mass is 208 g/mol. The van der Waals surface area contributed by atoms with Crippen LogP contribution in [-0.2, 0) is 14.0 Å². The summed E-state index contributed by atoms with van der Waals surface area (Å²) in [4.78, 5) is 0. The van der Waals surface area contributed by atoms with E-state index in [1.165, 1.54) is 0 Å². The van der Waals surface area contributed by atoms with Gasteiger partial charge >= 0.3 is 14.6 Å². The zero-order chi connectivity index (χ0) is 11.4. The van der Waals surface area contributed by atoms with E-state index >= 15 is 0 Å². The molecule has 0 aliphatic heterocycles. The summed E-state index contributed by atoms with van der Waals surface area (Å²) in [5.41, 5.74) is 0. The molecule has 0 bridgehead atoms. The Kier molecular flexibility index (Phi) is 15.0. The van der Waals surface area contributed by atoms with Gasteiger partial charge in [-0.25, -0.2) is 0 Å². The summed E-state index contributed by atoms with van der Waals surface area (Å²) in [5, 5.41) is 21.5. The fourth-order valence-electron chi connectivity index (χ4n) is 0.553. The zero-order valence-electron chi connectivity index (χ0n) is 8.84. The molecule has 6 nitrogen and oxygen atoms in total. The van der Waals surface area contributed by atoms with Gasteiger partial charge in [-0.2, -0.15) is 0 Å². The van der Waals surface area contributed by atoms with Crippen molar-refractivity contribution in [1.29, 1.82) is 0 Å². The quantitative estimate of drug-likeness (QED) is 0.486. The highest BCUT2D eigenvalue weighted by atomic mass is 16.7. The first-order valence-corrected chi connectivity index (χ1v) is 4.47. The van der Waals surface area contributed by atoms with Crippen molar-refractivity contribution in [3.05, 3.63) is 0 Å². The largest absolute Gasteiger partial charge is 0.639 e. The van der Waals surface area contributed by atoms with Crippen molar-refractivity contribution in [3.63, 3.8) is 0 Å². The van der Waals surface area contributed by atoms with Gasteiger partial charge in [0.05, 0.1) is 0 Å². The Labute approximate surface area is 85.1 Å². The molecule has 14 heavy (non-hydrogen) atoms. The van der Waals surface area contributed by atoms with E-state index in [2.05, 4.69) is 0 Å². The fraction of sp³-hybridized carbons (Fsp3) is 1.00. The smallest absolute Gasteiger partial charge is 0.402 e. The molecular weight excluding hydrogens is 190 g/mol. The lowest BCUT2D eigenvalue weighted by molar-refractivity contribution is 0.107. The molecule has 0 fully saturated rings. The summed E-state index contributed by atoms with van der Waals surface area (Å²) in [6, 6.07) is 0. The highest BCUT2D eigenvalue weighted by Crippen LogP contribution is 1.90. The average Bonchev–Trinajstić information content (AvgIpc) is 2.04. The third kappa shape index (κ3) is 17.8. The Morgan fingerprint density at radius 3 is 1.14 bits per heavy atom. The third-order valence-corrected chi connectivity index (χ3v) is 0.908. The molecule has 0 saturated heterocycles. The van der Waals surface area contributed by atoms with Crippen LogP contribution in [0.5, 0.6) is 0 Å². The molecule has 0 aliphatic rings. The Hall–Kier alpha value is -0.110. The van der Waals surface area contributed by atoms with E-state index in [4.69, 9.17) is 29.0 Å². The molecule has 0 aliphatic carbocycles. The third-order valence-electron chi connectivity index (χ3n) is 0.908. The first kappa shape index (κ1) is 16.3. The van der Waals surface area contributed by atoms with E-state index in [9.17, 15) is 0 Å². The van der Waals surface area contributed by atoms with Gasteiger partial charge in [-0.3, -0.25) is 0 Å². The molecule has 84 valence electrons. The summed E-state index contributed by atoms with van der Waals surface area (Å²) >= 11 is 0. The van der Waals surface area contributed by atoms with E-state index < -0.39 is 14.6 Å². The molecule has 0 amide bonds. The highest BCUT2D eigenvalue weighted by molar-refractivity contribution is 6.36. The molecule has 0 aromatic rings. The number of rotatable bonds is 6. The Morgan fingerprint density at radius 2 is 1.00 bits per heavy atom. The second kappa shape index (κ2) is 12.9. The molecule has 0 spiro atoms. The number of hydrogen-bond donors (Lipinski definition) is 3. The molecule has 0 saturated carbocycles. The second-order valence-electron chi connectivity index (χ2n) is 2.00. The lowest BCUT2D eigenvalue weighted by Crippen LogP contribution is -2.27. The zero-order valence-corrected chi connectivity index (χ0v) is 8.84. The summed E-state index contributed by atoms with van der Waals surface area (Å²) < 4.78 is 15.2. The normalized spacial score (nSPS) is 9.00. The predicted molar refractivity (Wildman–Crippen MR) is 53.0 cm³/mol. The van der Waals surface area contributed by atoms with Crippen LogP contribution in [0.4, 0.5) is 0 Å². The highest BCUT2D eigenvalue weighted by Gasteiger charge is 2.17. The lowest BCUT2D eigenvalue weighted by atomic mass is 10.2. The number of hydrogen-bond acceptors (Lipinski definition) is 6. The molecule has 0 atom stereocenters. The molecule has 0 unspecified atom stereocenters. The molecule has 0 rings (SSSR count). The average molecular weight is 208 g/mol. The molecular formula is C6H18B2O6. The minimum Gasteiger partial charge on any atom is -0.402 e. The van der Waals surface area contributed by atoms with Gasteiger partial charge < -0.3 is 29.0 Å². The maximum atomic E-state index is 7.17. The van der Waals surface area contributed by atoms with E-state index in [0.29, 0.717) is 19.8 Å². The van der Waals surface area contributed by atoms with Crippen LogP contribution in [0.2, 0.25) is 0 Å². The van der Waals surface area contributed by atoms with Gasteiger partial charge in [-0.05, 0) is 20.8 Å². The van der Waals surface area contributed by atoms with Crippen molar-refractivity contribution < 1.29 is 29.0 Å². The molecule has 8 heteroatoms. The van der Waals surface area contributed by atoms with Crippen LogP contribution in [-0.4, -0.2) is 49.5 Å². The van der Waals surface area contributed by atoms with Crippen LogP contribution in [0.3, 0.4) is 0 Å². The SMILES string of the molecule is CCOB(OCC)OCC.OB(O)O. The summed E-state index contributed by atoms with van der Waals surface area (Å²) in [5.74, 6) is 0. The van der Waals surface area contributed by atoms with Crippen molar-refractivity contribution in [3.8, 4) is 0 Å². The summed E-state index contributed by atoms with van der Waals surface area (Å²) in [6.07, 6.45) is 0. The summed E-state index contributed by atoms with van der Waals surface area (Å²) in [6.45, 7) is 7.57. The maximum absolute atomic E-state index is 7.17. The Bertz CT molecular complexity index is 87.3. The molecule has 3 N–H and O–H groups in total. The fourth-order valence-corrected chi connectivity index (χ4v) is 0.553. The first-order chi connectivity index (χ1) is 6.58. The minimum atomic E-state index is -2.17. The van der Waals surface area contributed by atoms with Crippen LogP contribution in [0.25, 0.3) is 0 Å². The van der Waals surface area contributed by atoms with Gasteiger partial charge in [0.1, 0.15) is 0 Å².